The first-order valence-electron chi connectivity index (χ1n) is 9.33. The fraction of sp³-hybridized carbons (Fsp3) is 0.174. The van der Waals surface area contributed by atoms with Gasteiger partial charge >= 0.3 is 0 Å². The molecule has 0 bridgehead atoms. The van der Waals surface area contributed by atoms with E-state index >= 15 is 0 Å². The van der Waals surface area contributed by atoms with Crippen LogP contribution in [-0.4, -0.2) is 17.0 Å². The Kier molecular flexibility index (Phi) is 5.84. The van der Waals surface area contributed by atoms with Gasteiger partial charge in [0, 0.05) is 40.3 Å². The number of carbonyl (C=O) groups is 1. The van der Waals surface area contributed by atoms with Gasteiger partial charge in [-0.3, -0.25) is 4.79 Å². The van der Waals surface area contributed by atoms with Gasteiger partial charge in [0.05, 0.1) is 4.88 Å². The molecule has 0 saturated carbocycles. The molecule has 0 aliphatic carbocycles. The Hall–Kier alpha value is -2.50. The number of nitrogens with zero attached hydrogens (tertiary/aromatic N) is 1. The Balaban J connectivity index is 1.49. The molecule has 3 nitrogen and oxygen atoms in total. The Labute approximate surface area is 173 Å². The summed E-state index contributed by atoms with van der Waals surface area (Å²) in [4.78, 5) is 14.2. The Morgan fingerprint density at radius 1 is 1.07 bits per heavy atom. The summed E-state index contributed by atoms with van der Waals surface area (Å²) in [5.74, 6) is -0.00115. The van der Waals surface area contributed by atoms with Gasteiger partial charge in [0.2, 0.25) is 0 Å². The van der Waals surface area contributed by atoms with Gasteiger partial charge in [-0.25, -0.2) is 0 Å². The number of rotatable bonds is 7. The van der Waals surface area contributed by atoms with E-state index in [1.165, 1.54) is 32.7 Å². The first-order chi connectivity index (χ1) is 13.7. The molecule has 142 valence electrons. The van der Waals surface area contributed by atoms with Crippen LogP contribution in [0.25, 0.3) is 10.9 Å². The third kappa shape index (κ3) is 4.16. The largest absolute Gasteiger partial charge is 0.350 e. The summed E-state index contributed by atoms with van der Waals surface area (Å²) in [6, 6.07) is 22.8. The van der Waals surface area contributed by atoms with Crippen molar-refractivity contribution in [2.45, 2.75) is 23.6 Å². The zero-order chi connectivity index (χ0) is 19.3. The lowest BCUT2D eigenvalue weighted by Gasteiger charge is -2.10. The minimum Gasteiger partial charge on any atom is -0.350 e. The van der Waals surface area contributed by atoms with Crippen molar-refractivity contribution in [3.05, 3.63) is 88.7 Å². The van der Waals surface area contributed by atoms with Gasteiger partial charge in [0.25, 0.3) is 5.91 Å². The third-order valence-electron chi connectivity index (χ3n) is 4.71. The molecule has 0 spiro atoms. The average Bonchev–Trinajstić information content (AvgIpc) is 3.38. The van der Waals surface area contributed by atoms with E-state index in [1.54, 1.807) is 0 Å². The minimum absolute atomic E-state index is 0.00115. The summed E-state index contributed by atoms with van der Waals surface area (Å²) in [7, 11) is 0. The van der Waals surface area contributed by atoms with E-state index < -0.39 is 0 Å². The second-order valence-electron chi connectivity index (χ2n) is 6.61. The van der Waals surface area contributed by atoms with Crippen molar-refractivity contribution in [1.29, 1.82) is 0 Å². The van der Waals surface area contributed by atoms with E-state index in [0.29, 0.717) is 11.8 Å². The minimum atomic E-state index is -0.00115. The molecular weight excluding hydrogens is 384 g/mol. The van der Waals surface area contributed by atoms with Gasteiger partial charge in [-0.05, 0) is 30.0 Å². The topological polar surface area (TPSA) is 34.0 Å². The number of benzene rings is 2. The van der Waals surface area contributed by atoms with Gasteiger partial charge in [-0.1, -0.05) is 54.6 Å². The SMILES string of the molecule is C[C@H](Sc1cn(CCNC(=O)c2cccs2)c2ccccc12)c1ccccc1. The van der Waals surface area contributed by atoms with E-state index in [4.69, 9.17) is 0 Å². The maximum absolute atomic E-state index is 12.2. The van der Waals surface area contributed by atoms with Crippen LogP contribution in [0.2, 0.25) is 0 Å². The molecule has 0 fully saturated rings. The van der Waals surface area contributed by atoms with E-state index in [9.17, 15) is 4.79 Å². The smallest absolute Gasteiger partial charge is 0.261 e. The van der Waals surface area contributed by atoms with Gasteiger partial charge < -0.3 is 9.88 Å². The van der Waals surface area contributed by atoms with Crippen LogP contribution in [0.3, 0.4) is 0 Å². The highest BCUT2D eigenvalue weighted by atomic mass is 32.2. The van der Waals surface area contributed by atoms with Crippen molar-refractivity contribution < 1.29 is 4.79 Å². The highest BCUT2D eigenvalue weighted by Gasteiger charge is 2.13. The molecule has 4 rings (SSSR count). The molecule has 2 aromatic carbocycles. The molecule has 0 aliphatic heterocycles. The van der Waals surface area contributed by atoms with E-state index in [1.807, 2.05) is 29.3 Å². The zero-order valence-corrected chi connectivity index (χ0v) is 17.3. The molecule has 1 atom stereocenters. The highest BCUT2D eigenvalue weighted by molar-refractivity contribution is 7.99. The Morgan fingerprint density at radius 2 is 1.86 bits per heavy atom. The van der Waals surface area contributed by atoms with Crippen molar-refractivity contribution in [2.75, 3.05) is 6.54 Å². The predicted octanol–water partition coefficient (Wildman–Crippen LogP) is 5.99. The monoisotopic (exact) mass is 406 g/mol. The lowest BCUT2D eigenvalue weighted by atomic mass is 10.2. The number of nitrogens with one attached hydrogen (secondary N) is 1. The van der Waals surface area contributed by atoms with Crippen molar-refractivity contribution in [1.82, 2.24) is 9.88 Å². The van der Waals surface area contributed by atoms with E-state index in [2.05, 4.69) is 77.6 Å². The summed E-state index contributed by atoms with van der Waals surface area (Å²) >= 11 is 3.34. The molecule has 2 aromatic heterocycles. The highest BCUT2D eigenvalue weighted by Crippen LogP contribution is 2.39. The quantitative estimate of drug-likeness (QED) is 0.383. The molecule has 0 aliphatic rings. The lowest BCUT2D eigenvalue weighted by Crippen LogP contribution is -2.26. The molecule has 5 heteroatoms. The summed E-state index contributed by atoms with van der Waals surface area (Å²) < 4.78 is 2.24. The molecule has 1 N–H and O–H groups in total. The number of hydrogen-bond acceptors (Lipinski definition) is 3. The van der Waals surface area contributed by atoms with Crippen molar-refractivity contribution >= 4 is 39.9 Å². The number of thiophene rings is 1. The summed E-state index contributed by atoms with van der Waals surface area (Å²) in [5.41, 5.74) is 2.53. The lowest BCUT2D eigenvalue weighted by molar-refractivity contribution is 0.0956. The zero-order valence-electron chi connectivity index (χ0n) is 15.7. The number of thioether (sulfide) groups is 1. The normalized spacial score (nSPS) is 12.2. The Bertz CT molecular complexity index is 1050. The fourth-order valence-electron chi connectivity index (χ4n) is 3.26. The first-order valence-corrected chi connectivity index (χ1v) is 11.1. The van der Waals surface area contributed by atoms with Crippen LogP contribution in [-0.2, 0) is 6.54 Å². The third-order valence-corrected chi connectivity index (χ3v) is 6.78. The van der Waals surface area contributed by atoms with Gasteiger partial charge in [-0.15, -0.1) is 23.1 Å². The van der Waals surface area contributed by atoms with E-state index in [-0.39, 0.29) is 5.91 Å². The number of aromatic nitrogens is 1. The molecule has 2 heterocycles. The number of para-hydroxylation sites is 1. The first kappa shape index (κ1) is 18.8. The fourth-order valence-corrected chi connectivity index (χ4v) is 5.06. The number of hydrogen-bond donors (Lipinski definition) is 1. The van der Waals surface area contributed by atoms with Gasteiger partial charge in [0.15, 0.2) is 0 Å². The van der Waals surface area contributed by atoms with Crippen LogP contribution in [0, 0.1) is 0 Å². The summed E-state index contributed by atoms with van der Waals surface area (Å²) in [6.07, 6.45) is 2.21. The predicted molar refractivity (Wildman–Crippen MR) is 119 cm³/mol. The molecule has 0 saturated heterocycles. The second kappa shape index (κ2) is 8.67. The number of carbonyl (C=O) groups excluding carboxylic acids is 1. The van der Waals surface area contributed by atoms with E-state index in [0.717, 1.165) is 11.4 Å². The van der Waals surface area contributed by atoms with Crippen LogP contribution in [0.5, 0.6) is 0 Å². The van der Waals surface area contributed by atoms with Crippen molar-refractivity contribution in [2.24, 2.45) is 0 Å². The second-order valence-corrected chi connectivity index (χ2v) is 8.94. The Morgan fingerprint density at radius 3 is 2.64 bits per heavy atom. The average molecular weight is 407 g/mol. The molecule has 1 amide bonds. The van der Waals surface area contributed by atoms with Crippen LogP contribution in [0.4, 0.5) is 0 Å². The molecule has 0 unspecified atom stereocenters. The van der Waals surface area contributed by atoms with Crippen LogP contribution < -0.4 is 5.32 Å². The maximum Gasteiger partial charge on any atom is 0.261 e. The van der Waals surface area contributed by atoms with Crippen LogP contribution in [0.15, 0.2) is 83.2 Å². The molecule has 28 heavy (non-hydrogen) atoms. The maximum atomic E-state index is 12.2. The number of fused-ring (bicyclic) bond motifs is 1. The summed E-state index contributed by atoms with van der Waals surface area (Å²) in [5, 5.41) is 6.58. The molecule has 0 radical (unpaired) electrons. The standard InChI is InChI=1S/C23H22N2OS2/c1-17(18-8-3-2-4-9-18)28-22-16-25(20-11-6-5-10-19(20)22)14-13-24-23(26)21-12-7-15-27-21/h2-12,15-17H,13-14H2,1H3,(H,24,26)/t17-/m0/s1. The van der Waals surface area contributed by atoms with Gasteiger partial charge in [0.1, 0.15) is 0 Å². The summed E-state index contributed by atoms with van der Waals surface area (Å²) in [6.45, 7) is 3.60. The van der Waals surface area contributed by atoms with Crippen LogP contribution in [0.1, 0.15) is 27.4 Å². The van der Waals surface area contributed by atoms with Crippen LogP contribution >= 0.6 is 23.1 Å². The van der Waals surface area contributed by atoms with Crippen molar-refractivity contribution in [3.8, 4) is 0 Å². The molecular formula is C23H22N2OS2. The van der Waals surface area contributed by atoms with Crippen molar-refractivity contribution in [3.63, 3.8) is 0 Å². The number of amides is 1. The van der Waals surface area contributed by atoms with Gasteiger partial charge in [-0.2, -0.15) is 0 Å². The molecule has 4 aromatic rings.